The van der Waals surface area contributed by atoms with Crippen molar-refractivity contribution in [2.24, 2.45) is 5.73 Å². The molecule has 1 fully saturated rings. The lowest BCUT2D eigenvalue weighted by Crippen LogP contribution is -2.48. The van der Waals surface area contributed by atoms with Crippen molar-refractivity contribution in [2.75, 3.05) is 44.2 Å². The van der Waals surface area contributed by atoms with Gasteiger partial charge in [-0.3, -0.25) is 4.90 Å². The Morgan fingerprint density at radius 1 is 1.17 bits per heavy atom. The van der Waals surface area contributed by atoms with Gasteiger partial charge < -0.3 is 10.6 Å². The van der Waals surface area contributed by atoms with E-state index < -0.39 is 0 Å². The largest absolute Gasteiger partial charge is 0.368 e. The molecular formula is C14H22ClN3. The summed E-state index contributed by atoms with van der Waals surface area (Å²) in [5.41, 5.74) is 9.29. The number of nitrogens with zero attached hydrogens (tertiary/aromatic N) is 2. The smallest absolute Gasteiger partial charge is 0.0644 e. The van der Waals surface area contributed by atoms with Gasteiger partial charge in [0.05, 0.1) is 10.7 Å². The topological polar surface area (TPSA) is 32.5 Å². The Kier molecular flexibility index (Phi) is 4.49. The van der Waals surface area contributed by atoms with Crippen molar-refractivity contribution in [1.82, 2.24) is 4.90 Å². The minimum atomic E-state index is 0.740. The fourth-order valence-corrected chi connectivity index (χ4v) is 3.13. The molecule has 0 radical (unpaired) electrons. The molecule has 0 saturated carbocycles. The van der Waals surface area contributed by atoms with Crippen molar-refractivity contribution >= 4 is 17.3 Å². The lowest BCUT2D eigenvalue weighted by atomic mass is 10.1. The van der Waals surface area contributed by atoms with E-state index in [1.165, 1.54) is 16.8 Å². The van der Waals surface area contributed by atoms with E-state index in [4.69, 9.17) is 17.3 Å². The van der Waals surface area contributed by atoms with Gasteiger partial charge in [-0.1, -0.05) is 17.7 Å². The maximum absolute atomic E-state index is 6.39. The van der Waals surface area contributed by atoms with E-state index in [0.29, 0.717) is 0 Å². The van der Waals surface area contributed by atoms with Gasteiger partial charge in [0, 0.05) is 39.3 Å². The molecule has 1 aliphatic heterocycles. The molecule has 1 aromatic rings. The summed E-state index contributed by atoms with van der Waals surface area (Å²) in [6.07, 6.45) is 0. The van der Waals surface area contributed by atoms with Crippen LogP contribution in [-0.2, 0) is 0 Å². The zero-order chi connectivity index (χ0) is 13.1. The molecule has 0 spiro atoms. The molecule has 0 atom stereocenters. The van der Waals surface area contributed by atoms with Crippen LogP contribution in [0.2, 0.25) is 5.02 Å². The Morgan fingerprint density at radius 3 is 2.39 bits per heavy atom. The van der Waals surface area contributed by atoms with E-state index in [0.717, 1.165) is 44.3 Å². The molecule has 0 aromatic heterocycles. The van der Waals surface area contributed by atoms with E-state index in [-0.39, 0.29) is 0 Å². The number of nitrogens with two attached hydrogens (primary N) is 1. The Bertz CT molecular complexity index is 388. The second-order valence-corrected chi connectivity index (χ2v) is 5.44. The first-order valence-electron chi connectivity index (χ1n) is 6.56. The molecule has 0 bridgehead atoms. The molecule has 1 heterocycles. The molecule has 0 unspecified atom stereocenters. The second kappa shape index (κ2) is 5.91. The second-order valence-electron chi connectivity index (χ2n) is 5.03. The van der Waals surface area contributed by atoms with E-state index in [9.17, 15) is 0 Å². The fraction of sp³-hybridized carbons (Fsp3) is 0.571. The number of aryl methyl sites for hydroxylation is 2. The van der Waals surface area contributed by atoms with Gasteiger partial charge in [0.15, 0.2) is 0 Å². The van der Waals surface area contributed by atoms with Gasteiger partial charge >= 0.3 is 0 Å². The number of piperazine rings is 1. The maximum atomic E-state index is 6.39. The number of rotatable bonds is 3. The normalized spacial score (nSPS) is 17.2. The van der Waals surface area contributed by atoms with E-state index in [2.05, 4.69) is 35.8 Å². The van der Waals surface area contributed by atoms with Crippen LogP contribution < -0.4 is 10.6 Å². The van der Waals surface area contributed by atoms with E-state index in [1.54, 1.807) is 0 Å². The van der Waals surface area contributed by atoms with Crippen LogP contribution in [0.3, 0.4) is 0 Å². The molecule has 1 saturated heterocycles. The lowest BCUT2D eigenvalue weighted by Gasteiger charge is -2.37. The summed E-state index contributed by atoms with van der Waals surface area (Å²) in [6, 6.07) is 4.25. The standard InChI is InChI=1S/C14H22ClN3/c1-11-9-12(2)14(13(15)10-11)18-7-5-17(4-3-16)6-8-18/h9-10H,3-8,16H2,1-2H3. The summed E-state index contributed by atoms with van der Waals surface area (Å²) in [5, 5.41) is 0.875. The monoisotopic (exact) mass is 267 g/mol. The highest BCUT2D eigenvalue weighted by Crippen LogP contribution is 2.31. The minimum Gasteiger partial charge on any atom is -0.368 e. The van der Waals surface area contributed by atoms with Gasteiger partial charge in [-0.2, -0.15) is 0 Å². The summed E-state index contributed by atoms with van der Waals surface area (Å²) < 4.78 is 0. The minimum absolute atomic E-state index is 0.740. The summed E-state index contributed by atoms with van der Waals surface area (Å²) in [4.78, 5) is 4.80. The van der Waals surface area contributed by atoms with Crippen molar-refractivity contribution in [3.05, 3.63) is 28.3 Å². The van der Waals surface area contributed by atoms with E-state index in [1.807, 2.05) is 0 Å². The van der Waals surface area contributed by atoms with Crippen LogP contribution in [-0.4, -0.2) is 44.2 Å². The van der Waals surface area contributed by atoms with Crippen LogP contribution >= 0.6 is 11.6 Å². The van der Waals surface area contributed by atoms with Crippen molar-refractivity contribution in [1.29, 1.82) is 0 Å². The quantitative estimate of drug-likeness (QED) is 0.910. The Hall–Kier alpha value is -0.770. The molecule has 0 aliphatic carbocycles. The highest BCUT2D eigenvalue weighted by molar-refractivity contribution is 6.33. The number of hydrogen-bond acceptors (Lipinski definition) is 3. The molecule has 0 amide bonds. The fourth-order valence-electron chi connectivity index (χ4n) is 2.69. The van der Waals surface area contributed by atoms with Gasteiger partial charge in [0.2, 0.25) is 0 Å². The third-order valence-corrected chi connectivity index (χ3v) is 3.82. The van der Waals surface area contributed by atoms with Crippen molar-refractivity contribution < 1.29 is 0 Å². The van der Waals surface area contributed by atoms with Gasteiger partial charge in [-0.25, -0.2) is 0 Å². The van der Waals surface area contributed by atoms with Crippen LogP contribution in [0.1, 0.15) is 11.1 Å². The van der Waals surface area contributed by atoms with Crippen LogP contribution in [0.15, 0.2) is 12.1 Å². The molecule has 100 valence electrons. The van der Waals surface area contributed by atoms with Crippen LogP contribution in [0.4, 0.5) is 5.69 Å². The number of benzene rings is 1. The van der Waals surface area contributed by atoms with Crippen LogP contribution in [0.25, 0.3) is 0 Å². The predicted octanol–water partition coefficient (Wildman–Crippen LogP) is 2.04. The van der Waals surface area contributed by atoms with Gasteiger partial charge in [-0.15, -0.1) is 0 Å². The summed E-state index contributed by atoms with van der Waals surface area (Å²) in [7, 11) is 0. The molecular weight excluding hydrogens is 246 g/mol. The van der Waals surface area contributed by atoms with Gasteiger partial charge in [0.25, 0.3) is 0 Å². The highest BCUT2D eigenvalue weighted by Gasteiger charge is 2.19. The molecule has 1 aliphatic rings. The van der Waals surface area contributed by atoms with Crippen LogP contribution in [0, 0.1) is 13.8 Å². The van der Waals surface area contributed by atoms with Gasteiger partial charge in [-0.05, 0) is 31.0 Å². The Labute approximate surface area is 115 Å². The first-order valence-corrected chi connectivity index (χ1v) is 6.93. The number of anilines is 1. The highest BCUT2D eigenvalue weighted by atomic mass is 35.5. The third kappa shape index (κ3) is 2.97. The first-order chi connectivity index (χ1) is 8.61. The van der Waals surface area contributed by atoms with Gasteiger partial charge in [0.1, 0.15) is 0 Å². The number of halogens is 1. The van der Waals surface area contributed by atoms with Crippen molar-refractivity contribution in [2.45, 2.75) is 13.8 Å². The SMILES string of the molecule is Cc1cc(C)c(N2CCN(CCN)CC2)c(Cl)c1. The predicted molar refractivity (Wildman–Crippen MR) is 78.6 cm³/mol. The van der Waals surface area contributed by atoms with Crippen molar-refractivity contribution in [3.8, 4) is 0 Å². The van der Waals surface area contributed by atoms with Crippen molar-refractivity contribution in [3.63, 3.8) is 0 Å². The summed E-state index contributed by atoms with van der Waals surface area (Å²) in [5.74, 6) is 0. The first kappa shape index (κ1) is 13.7. The molecule has 1 aromatic carbocycles. The number of hydrogen-bond donors (Lipinski definition) is 1. The Balaban J connectivity index is 2.10. The molecule has 3 nitrogen and oxygen atoms in total. The average molecular weight is 268 g/mol. The van der Waals surface area contributed by atoms with E-state index >= 15 is 0 Å². The molecule has 2 rings (SSSR count). The molecule has 18 heavy (non-hydrogen) atoms. The Morgan fingerprint density at radius 2 is 1.83 bits per heavy atom. The summed E-state index contributed by atoms with van der Waals surface area (Å²) >= 11 is 6.39. The summed E-state index contributed by atoms with van der Waals surface area (Å²) in [6.45, 7) is 10.2. The average Bonchev–Trinajstić information content (AvgIpc) is 2.30. The zero-order valence-electron chi connectivity index (χ0n) is 11.2. The van der Waals surface area contributed by atoms with Crippen LogP contribution in [0.5, 0.6) is 0 Å². The molecule has 4 heteroatoms. The third-order valence-electron chi connectivity index (χ3n) is 3.53. The lowest BCUT2D eigenvalue weighted by molar-refractivity contribution is 0.265. The zero-order valence-corrected chi connectivity index (χ0v) is 12.0. The maximum Gasteiger partial charge on any atom is 0.0644 e. The molecule has 2 N–H and O–H groups in total.